The number of quaternary nitrogens is 1. The van der Waals surface area contributed by atoms with Gasteiger partial charge in [-0.15, -0.1) is 0 Å². The number of likely N-dealkylation sites (N-methyl/N-ethyl adjacent to an activating group) is 1. The molecule has 0 aliphatic rings. The zero-order valence-electron chi connectivity index (χ0n) is 14.7. The summed E-state index contributed by atoms with van der Waals surface area (Å²) >= 11 is 12.0. The van der Waals surface area contributed by atoms with Crippen LogP contribution in [0.3, 0.4) is 0 Å². The second kappa shape index (κ2) is 9.04. The van der Waals surface area contributed by atoms with Gasteiger partial charge >= 0.3 is 0 Å². The summed E-state index contributed by atoms with van der Waals surface area (Å²) < 4.78 is 0. The van der Waals surface area contributed by atoms with Crippen molar-refractivity contribution in [2.45, 2.75) is 26.3 Å². The summed E-state index contributed by atoms with van der Waals surface area (Å²) in [5.74, 6) is -0.640. The molecule has 2 atom stereocenters. The molecule has 136 valence electrons. The van der Waals surface area contributed by atoms with Gasteiger partial charge in [0.25, 0.3) is 11.8 Å². The van der Waals surface area contributed by atoms with Crippen molar-refractivity contribution in [3.8, 4) is 6.07 Å². The molecule has 0 spiro atoms. The van der Waals surface area contributed by atoms with Crippen LogP contribution in [0.5, 0.6) is 0 Å². The minimum Gasteiger partial charge on any atom is -0.333 e. The van der Waals surface area contributed by atoms with Gasteiger partial charge < -0.3 is 15.5 Å². The quantitative estimate of drug-likeness (QED) is 0.664. The molecule has 0 aromatic heterocycles. The van der Waals surface area contributed by atoms with Gasteiger partial charge in [0.2, 0.25) is 0 Å². The monoisotopic (exact) mass is 385 g/mol. The van der Waals surface area contributed by atoms with Crippen LogP contribution in [0.1, 0.15) is 20.8 Å². The van der Waals surface area contributed by atoms with E-state index in [1.807, 2.05) is 13.8 Å². The Balaban J connectivity index is 2.59. The maximum absolute atomic E-state index is 12.1. The smallest absolute Gasteiger partial charge is 0.279 e. The van der Waals surface area contributed by atoms with Gasteiger partial charge in [-0.1, -0.05) is 43.1 Å². The van der Waals surface area contributed by atoms with E-state index in [9.17, 15) is 14.9 Å². The predicted molar refractivity (Wildman–Crippen MR) is 98.7 cm³/mol. The van der Waals surface area contributed by atoms with Gasteiger partial charge in [-0.2, -0.15) is 5.26 Å². The number of anilines is 1. The number of halogens is 2. The topological polar surface area (TPSA) is 86.4 Å². The Morgan fingerprint density at radius 2 is 1.76 bits per heavy atom. The molecule has 1 aromatic rings. The highest BCUT2D eigenvalue weighted by Crippen LogP contribution is 2.29. The van der Waals surface area contributed by atoms with Crippen LogP contribution < -0.4 is 15.5 Å². The lowest BCUT2D eigenvalue weighted by atomic mass is 9.90. The van der Waals surface area contributed by atoms with Gasteiger partial charge in [0.15, 0.2) is 13.1 Å². The molecule has 0 bridgehead atoms. The average molecular weight is 386 g/mol. The van der Waals surface area contributed by atoms with Crippen LogP contribution >= 0.6 is 23.2 Å². The van der Waals surface area contributed by atoms with Crippen LogP contribution in [-0.4, -0.2) is 37.5 Å². The van der Waals surface area contributed by atoms with Crippen molar-refractivity contribution in [2.75, 3.05) is 25.5 Å². The Morgan fingerprint density at radius 1 is 1.24 bits per heavy atom. The highest BCUT2D eigenvalue weighted by Gasteiger charge is 2.31. The fraction of sp³-hybridized carbons (Fsp3) is 0.471. The van der Waals surface area contributed by atoms with Gasteiger partial charge in [0.1, 0.15) is 5.54 Å². The second-order valence-electron chi connectivity index (χ2n) is 6.47. The number of benzene rings is 1. The maximum atomic E-state index is 12.1. The predicted octanol–water partition coefficient (Wildman–Crippen LogP) is 1.50. The number of carbonyl (C=O) groups excluding carboxylic acids is 2. The molecule has 2 amide bonds. The number of para-hydroxylation sites is 1. The molecule has 0 aliphatic carbocycles. The van der Waals surface area contributed by atoms with Crippen LogP contribution in [0.25, 0.3) is 0 Å². The van der Waals surface area contributed by atoms with Crippen molar-refractivity contribution in [1.82, 2.24) is 5.32 Å². The molecule has 0 fully saturated rings. The van der Waals surface area contributed by atoms with E-state index in [2.05, 4.69) is 16.7 Å². The summed E-state index contributed by atoms with van der Waals surface area (Å²) in [5.41, 5.74) is -0.588. The van der Waals surface area contributed by atoms with E-state index in [0.29, 0.717) is 20.6 Å². The third-order valence-corrected chi connectivity index (χ3v) is 4.57. The number of nitrogens with one attached hydrogen (secondary N) is 3. The molecule has 1 unspecified atom stereocenters. The van der Waals surface area contributed by atoms with Gasteiger partial charge in [-0.3, -0.25) is 9.59 Å². The lowest BCUT2D eigenvalue weighted by Crippen LogP contribution is -3.11. The van der Waals surface area contributed by atoms with Crippen molar-refractivity contribution in [3.05, 3.63) is 28.2 Å². The van der Waals surface area contributed by atoms with Crippen molar-refractivity contribution in [2.24, 2.45) is 5.92 Å². The first kappa shape index (κ1) is 21.2. The average Bonchev–Trinajstić information content (AvgIpc) is 2.50. The molecular weight excluding hydrogens is 363 g/mol. The lowest BCUT2D eigenvalue weighted by Gasteiger charge is -2.27. The van der Waals surface area contributed by atoms with Crippen LogP contribution in [0.4, 0.5) is 5.69 Å². The normalized spacial score (nSPS) is 14.3. The number of amides is 2. The molecule has 0 saturated heterocycles. The van der Waals surface area contributed by atoms with Crippen molar-refractivity contribution in [1.29, 1.82) is 5.26 Å². The molecular formula is C17H23Cl2N4O2+. The first-order valence-corrected chi connectivity index (χ1v) is 8.62. The molecule has 0 radical (unpaired) electrons. The Hall–Kier alpha value is -1.81. The Bertz CT molecular complexity index is 667. The van der Waals surface area contributed by atoms with E-state index in [-0.39, 0.29) is 30.8 Å². The molecule has 0 heterocycles. The lowest BCUT2D eigenvalue weighted by molar-refractivity contribution is -0.862. The summed E-state index contributed by atoms with van der Waals surface area (Å²) in [6, 6.07) is 7.05. The fourth-order valence-electron chi connectivity index (χ4n) is 2.05. The summed E-state index contributed by atoms with van der Waals surface area (Å²) in [6.07, 6.45) is 0. The van der Waals surface area contributed by atoms with E-state index >= 15 is 0 Å². The largest absolute Gasteiger partial charge is 0.333 e. The minimum atomic E-state index is -0.940. The first-order chi connectivity index (χ1) is 11.6. The SMILES string of the molecule is CC(C)[C@@](C)(C#N)NC(=O)C[NH+](C)CC(=O)Nc1c(Cl)cccc1Cl. The van der Waals surface area contributed by atoms with E-state index in [0.717, 1.165) is 0 Å². The molecule has 1 rings (SSSR count). The maximum Gasteiger partial charge on any atom is 0.279 e. The van der Waals surface area contributed by atoms with Gasteiger partial charge in [-0.25, -0.2) is 0 Å². The number of hydrogen-bond acceptors (Lipinski definition) is 3. The van der Waals surface area contributed by atoms with E-state index in [4.69, 9.17) is 23.2 Å². The zero-order valence-corrected chi connectivity index (χ0v) is 16.3. The fourth-order valence-corrected chi connectivity index (χ4v) is 2.54. The Labute approximate surface area is 158 Å². The van der Waals surface area contributed by atoms with Crippen molar-refractivity contribution in [3.63, 3.8) is 0 Å². The molecule has 0 saturated carbocycles. The van der Waals surface area contributed by atoms with Crippen LogP contribution in [0, 0.1) is 17.2 Å². The number of rotatable bonds is 7. The molecule has 3 N–H and O–H groups in total. The highest BCUT2D eigenvalue weighted by molar-refractivity contribution is 6.39. The van der Waals surface area contributed by atoms with Crippen molar-refractivity contribution < 1.29 is 14.5 Å². The number of hydrogen-bond donors (Lipinski definition) is 3. The van der Waals surface area contributed by atoms with Gasteiger partial charge in [0, 0.05) is 0 Å². The minimum absolute atomic E-state index is 0.0348. The number of nitriles is 1. The standard InChI is InChI=1S/C17H22Cl2N4O2/c1-11(2)17(3,10-20)22-15(25)9-23(4)8-14(24)21-16-12(18)6-5-7-13(16)19/h5-7,11H,8-9H2,1-4H3,(H,21,24)(H,22,25)/p+1/t17-/m1/s1. The third kappa shape index (κ3) is 6.20. The van der Waals surface area contributed by atoms with Crippen molar-refractivity contribution >= 4 is 40.7 Å². The molecule has 6 nitrogen and oxygen atoms in total. The summed E-state index contributed by atoms with van der Waals surface area (Å²) in [6.45, 7) is 5.52. The Morgan fingerprint density at radius 3 is 2.24 bits per heavy atom. The summed E-state index contributed by atoms with van der Waals surface area (Å²) in [7, 11) is 1.71. The number of carbonyl (C=O) groups is 2. The second-order valence-corrected chi connectivity index (χ2v) is 7.29. The number of nitrogens with zero attached hydrogens (tertiary/aromatic N) is 1. The molecule has 1 aromatic carbocycles. The van der Waals surface area contributed by atoms with E-state index in [1.54, 1.807) is 32.2 Å². The zero-order chi connectivity index (χ0) is 19.2. The van der Waals surface area contributed by atoms with Gasteiger partial charge in [-0.05, 0) is 25.0 Å². The Kier molecular flexibility index (Phi) is 7.68. The van der Waals surface area contributed by atoms with E-state index < -0.39 is 5.54 Å². The van der Waals surface area contributed by atoms with Gasteiger partial charge in [0.05, 0.1) is 28.8 Å². The summed E-state index contributed by atoms with van der Waals surface area (Å²) in [4.78, 5) is 24.9. The molecule has 8 heteroatoms. The highest BCUT2D eigenvalue weighted by atomic mass is 35.5. The summed E-state index contributed by atoms with van der Waals surface area (Å²) in [5, 5.41) is 15.3. The molecule has 0 aliphatic heterocycles. The first-order valence-electron chi connectivity index (χ1n) is 7.86. The van der Waals surface area contributed by atoms with Crippen LogP contribution in [0.15, 0.2) is 18.2 Å². The van der Waals surface area contributed by atoms with E-state index in [1.165, 1.54) is 0 Å². The molecule has 25 heavy (non-hydrogen) atoms. The third-order valence-electron chi connectivity index (χ3n) is 3.94. The van der Waals surface area contributed by atoms with Crippen LogP contribution in [-0.2, 0) is 9.59 Å². The van der Waals surface area contributed by atoms with Crippen LogP contribution in [0.2, 0.25) is 10.0 Å².